The van der Waals surface area contributed by atoms with Crippen LogP contribution in [0.4, 0.5) is 5.69 Å². The van der Waals surface area contributed by atoms with Gasteiger partial charge in [-0.15, -0.1) is 0 Å². The molecule has 1 N–H and O–H groups in total. The Morgan fingerprint density at radius 1 is 1.24 bits per heavy atom. The Bertz CT molecular complexity index is 755. The number of nitrogens with zero attached hydrogens (tertiary/aromatic N) is 2. The average molecular weight is 406 g/mol. The molecule has 25 heavy (non-hydrogen) atoms. The Balaban J connectivity index is 2.13. The minimum Gasteiger partial charge on any atom is -0.343 e. The summed E-state index contributed by atoms with van der Waals surface area (Å²) in [4.78, 5) is 26.9. The van der Waals surface area contributed by atoms with E-state index in [9.17, 15) is 9.59 Å². The summed E-state index contributed by atoms with van der Waals surface area (Å²) in [5.74, 6) is -0.320. The fraction of sp³-hybridized carbons (Fsp3) is 0.368. The van der Waals surface area contributed by atoms with Gasteiger partial charge in [-0.1, -0.05) is 25.1 Å². The van der Waals surface area contributed by atoms with Crippen molar-refractivity contribution in [1.82, 2.24) is 9.47 Å². The third-order valence-electron chi connectivity index (χ3n) is 3.96. The number of aryl methyl sites for hydroxylation is 2. The van der Waals surface area contributed by atoms with E-state index >= 15 is 0 Å². The lowest BCUT2D eigenvalue weighted by Crippen LogP contribution is -2.39. The van der Waals surface area contributed by atoms with Gasteiger partial charge in [0.05, 0.1) is 0 Å². The zero-order valence-corrected chi connectivity index (χ0v) is 16.5. The highest BCUT2D eigenvalue weighted by atomic mass is 79.9. The van der Waals surface area contributed by atoms with Gasteiger partial charge in [0.15, 0.2) is 0 Å². The van der Waals surface area contributed by atoms with E-state index in [1.807, 2.05) is 55.8 Å². The van der Waals surface area contributed by atoms with Crippen LogP contribution in [-0.4, -0.2) is 34.4 Å². The molecule has 134 valence electrons. The summed E-state index contributed by atoms with van der Waals surface area (Å²) in [6, 6.07) is 9.40. The van der Waals surface area contributed by atoms with Crippen LogP contribution in [0, 0.1) is 6.92 Å². The van der Waals surface area contributed by atoms with Crippen LogP contribution in [0.5, 0.6) is 0 Å². The molecule has 1 aromatic heterocycles. The molecule has 0 saturated carbocycles. The summed E-state index contributed by atoms with van der Waals surface area (Å²) >= 11 is 3.41. The molecule has 6 heteroatoms. The van der Waals surface area contributed by atoms with Crippen molar-refractivity contribution in [2.45, 2.75) is 33.7 Å². The Kier molecular flexibility index (Phi) is 6.82. The molecule has 2 aromatic rings. The summed E-state index contributed by atoms with van der Waals surface area (Å²) in [5.41, 5.74) is 2.36. The molecule has 5 nitrogen and oxygen atoms in total. The first kappa shape index (κ1) is 19.2. The minimum atomic E-state index is -0.190. The molecule has 1 aromatic carbocycles. The van der Waals surface area contributed by atoms with Gasteiger partial charge in [0.1, 0.15) is 12.2 Å². The fourth-order valence-corrected chi connectivity index (χ4v) is 3.14. The van der Waals surface area contributed by atoms with Gasteiger partial charge >= 0.3 is 0 Å². The molecule has 0 radical (unpaired) electrons. The van der Waals surface area contributed by atoms with Crippen LogP contribution in [0.3, 0.4) is 0 Å². The number of amides is 2. The monoisotopic (exact) mass is 405 g/mol. The quantitative estimate of drug-likeness (QED) is 0.754. The third kappa shape index (κ3) is 4.95. The summed E-state index contributed by atoms with van der Waals surface area (Å²) in [7, 11) is 0. The van der Waals surface area contributed by atoms with Gasteiger partial charge in [0.2, 0.25) is 5.91 Å². The molecule has 0 atom stereocenters. The number of anilines is 1. The zero-order chi connectivity index (χ0) is 18.4. The Hall–Kier alpha value is -2.08. The highest BCUT2D eigenvalue weighted by molar-refractivity contribution is 9.10. The number of hydrogen-bond donors (Lipinski definition) is 1. The molecule has 0 unspecified atom stereocenters. The van der Waals surface area contributed by atoms with Crippen LogP contribution in [0.2, 0.25) is 0 Å². The predicted octanol–water partition coefficient (Wildman–Crippen LogP) is 4.07. The second-order valence-electron chi connectivity index (χ2n) is 5.92. The average Bonchev–Trinajstić information content (AvgIpc) is 2.97. The van der Waals surface area contributed by atoms with Crippen molar-refractivity contribution in [3.05, 3.63) is 52.3 Å². The first-order valence-electron chi connectivity index (χ1n) is 8.46. The number of carbonyl (C=O) groups excluding carboxylic acids is 2. The zero-order valence-electron chi connectivity index (χ0n) is 14.9. The predicted molar refractivity (Wildman–Crippen MR) is 104 cm³/mol. The maximum atomic E-state index is 12.9. The molecule has 2 amide bonds. The normalized spacial score (nSPS) is 10.6. The van der Waals surface area contributed by atoms with Crippen LogP contribution in [-0.2, 0) is 11.3 Å². The minimum absolute atomic E-state index is 0.0352. The number of halogens is 1. The van der Waals surface area contributed by atoms with E-state index < -0.39 is 0 Å². The smallest absolute Gasteiger partial charge is 0.270 e. The van der Waals surface area contributed by atoms with Crippen molar-refractivity contribution >= 4 is 33.4 Å². The molecule has 0 saturated heterocycles. The standard InChI is InChI=1S/C19H24BrN3O2/c1-4-10-23(19(25)17-11-15(20)12-22(17)5-2)13-18(24)21-16-9-7-6-8-14(16)3/h6-9,11-12H,4-5,10,13H2,1-3H3,(H,21,24). The van der Waals surface area contributed by atoms with Gasteiger partial charge in [0.25, 0.3) is 5.91 Å². The van der Waals surface area contributed by atoms with Crippen molar-refractivity contribution in [2.24, 2.45) is 0 Å². The van der Waals surface area contributed by atoms with Crippen molar-refractivity contribution < 1.29 is 9.59 Å². The molecule has 2 rings (SSSR count). The second kappa shape index (κ2) is 8.85. The number of hydrogen-bond acceptors (Lipinski definition) is 2. The van der Waals surface area contributed by atoms with Crippen LogP contribution in [0.25, 0.3) is 0 Å². The second-order valence-corrected chi connectivity index (χ2v) is 6.84. The SMILES string of the molecule is CCCN(CC(=O)Nc1ccccc1C)C(=O)c1cc(Br)cn1CC. The van der Waals surface area contributed by atoms with E-state index in [-0.39, 0.29) is 18.4 Å². The fourth-order valence-electron chi connectivity index (χ4n) is 2.68. The first-order valence-corrected chi connectivity index (χ1v) is 9.26. The Morgan fingerprint density at radius 2 is 1.96 bits per heavy atom. The molecular formula is C19H24BrN3O2. The summed E-state index contributed by atoms with van der Waals surface area (Å²) < 4.78 is 2.74. The van der Waals surface area contributed by atoms with Crippen molar-refractivity contribution in [3.8, 4) is 0 Å². The van der Waals surface area contributed by atoms with Crippen LogP contribution >= 0.6 is 15.9 Å². The van der Waals surface area contributed by atoms with E-state index in [4.69, 9.17) is 0 Å². The number of nitrogens with one attached hydrogen (secondary N) is 1. The number of rotatable bonds is 7. The van der Waals surface area contributed by atoms with E-state index in [1.54, 1.807) is 11.0 Å². The molecule has 0 bridgehead atoms. The number of para-hydroxylation sites is 1. The van der Waals surface area contributed by atoms with Crippen LogP contribution in [0.15, 0.2) is 41.0 Å². The largest absolute Gasteiger partial charge is 0.343 e. The number of carbonyl (C=O) groups is 2. The lowest BCUT2D eigenvalue weighted by molar-refractivity contribution is -0.116. The molecule has 0 aliphatic carbocycles. The Labute approximate surface area is 157 Å². The molecule has 0 aliphatic heterocycles. The summed E-state index contributed by atoms with van der Waals surface area (Å²) in [6.45, 7) is 7.19. The van der Waals surface area contributed by atoms with Crippen molar-refractivity contribution in [2.75, 3.05) is 18.4 Å². The third-order valence-corrected chi connectivity index (χ3v) is 4.39. The lowest BCUT2D eigenvalue weighted by atomic mass is 10.2. The maximum Gasteiger partial charge on any atom is 0.270 e. The molecule has 1 heterocycles. The highest BCUT2D eigenvalue weighted by Crippen LogP contribution is 2.17. The van der Waals surface area contributed by atoms with Gasteiger partial charge in [-0.25, -0.2) is 0 Å². The van der Waals surface area contributed by atoms with Crippen molar-refractivity contribution in [1.29, 1.82) is 0 Å². The van der Waals surface area contributed by atoms with Gasteiger partial charge in [0, 0.05) is 29.4 Å². The van der Waals surface area contributed by atoms with E-state index in [0.717, 1.165) is 22.1 Å². The van der Waals surface area contributed by atoms with Gasteiger partial charge in [-0.05, 0) is 53.9 Å². The Morgan fingerprint density at radius 3 is 2.60 bits per heavy atom. The number of benzene rings is 1. The van der Waals surface area contributed by atoms with E-state index in [2.05, 4.69) is 21.2 Å². The van der Waals surface area contributed by atoms with Gasteiger partial charge in [-0.2, -0.15) is 0 Å². The topological polar surface area (TPSA) is 54.3 Å². The van der Waals surface area contributed by atoms with Crippen LogP contribution < -0.4 is 5.32 Å². The lowest BCUT2D eigenvalue weighted by Gasteiger charge is -2.22. The highest BCUT2D eigenvalue weighted by Gasteiger charge is 2.21. The first-order chi connectivity index (χ1) is 12.0. The van der Waals surface area contributed by atoms with Crippen molar-refractivity contribution in [3.63, 3.8) is 0 Å². The molecule has 0 fully saturated rings. The summed E-state index contributed by atoms with van der Waals surface area (Å²) in [6.07, 6.45) is 2.67. The number of aromatic nitrogens is 1. The van der Waals surface area contributed by atoms with Gasteiger partial charge < -0.3 is 14.8 Å². The van der Waals surface area contributed by atoms with E-state index in [1.165, 1.54) is 0 Å². The summed E-state index contributed by atoms with van der Waals surface area (Å²) in [5, 5.41) is 2.89. The molecule has 0 spiro atoms. The molecule has 0 aliphatic rings. The molecular weight excluding hydrogens is 382 g/mol. The van der Waals surface area contributed by atoms with E-state index in [0.29, 0.717) is 18.8 Å². The van der Waals surface area contributed by atoms with Gasteiger partial charge in [-0.3, -0.25) is 9.59 Å². The van der Waals surface area contributed by atoms with Crippen LogP contribution in [0.1, 0.15) is 36.3 Å². The maximum absolute atomic E-state index is 12.9.